The van der Waals surface area contributed by atoms with Crippen molar-refractivity contribution in [1.82, 2.24) is 10.4 Å². The summed E-state index contributed by atoms with van der Waals surface area (Å²) in [6.07, 6.45) is -0.176. The predicted octanol–water partition coefficient (Wildman–Crippen LogP) is 3.96. The quantitative estimate of drug-likeness (QED) is 0.187. The first-order valence-electron chi connectivity index (χ1n) is 11.3. The van der Waals surface area contributed by atoms with E-state index in [0.29, 0.717) is 11.5 Å². The molecule has 12 heteroatoms. The number of ketones is 1. The lowest BCUT2D eigenvalue weighted by Crippen LogP contribution is -2.43. The molecule has 1 aliphatic rings. The lowest BCUT2D eigenvalue weighted by atomic mass is 10.1. The van der Waals surface area contributed by atoms with Crippen molar-refractivity contribution in [3.63, 3.8) is 0 Å². The highest BCUT2D eigenvalue weighted by Gasteiger charge is 2.37. The maximum Gasteiger partial charge on any atom is 0.311 e. The molecule has 1 N–H and O–H groups in total. The van der Waals surface area contributed by atoms with Crippen LogP contribution in [-0.2, 0) is 14.3 Å². The van der Waals surface area contributed by atoms with E-state index in [4.69, 9.17) is 21.1 Å². The minimum absolute atomic E-state index is 0.0654. The van der Waals surface area contributed by atoms with E-state index in [0.717, 1.165) is 5.01 Å². The lowest BCUT2D eigenvalue weighted by Gasteiger charge is -2.18. The maximum atomic E-state index is 12.5. The van der Waals surface area contributed by atoms with E-state index in [1.54, 1.807) is 18.2 Å². The van der Waals surface area contributed by atoms with Crippen LogP contribution >= 0.6 is 11.6 Å². The molecular weight excluding hydrogens is 518 g/mol. The molecule has 194 valence electrons. The second kappa shape index (κ2) is 11.5. The summed E-state index contributed by atoms with van der Waals surface area (Å²) in [6.45, 7) is -0.630. The summed E-state index contributed by atoms with van der Waals surface area (Å²) in [7, 11) is 0. The lowest BCUT2D eigenvalue weighted by molar-refractivity contribution is -0.384. The first-order chi connectivity index (χ1) is 18.2. The topological polar surface area (TPSA) is 145 Å². The van der Waals surface area contributed by atoms with Gasteiger partial charge in [0.1, 0.15) is 11.5 Å². The molecule has 0 aliphatic carbocycles. The molecule has 0 unspecified atom stereocenters. The molecule has 1 atom stereocenters. The van der Waals surface area contributed by atoms with Gasteiger partial charge in [0.25, 0.3) is 11.6 Å². The van der Waals surface area contributed by atoms with Gasteiger partial charge in [0.15, 0.2) is 12.4 Å². The Hall–Kier alpha value is -4.77. The maximum absolute atomic E-state index is 12.5. The number of nitro benzene ring substituents is 1. The minimum Gasteiger partial charge on any atom is -0.457 e. The minimum atomic E-state index is -0.848. The number of Topliss-reactive ketones (excluding diaryl/α,β-unsaturated/α-hetero) is 1. The zero-order valence-electron chi connectivity index (χ0n) is 19.7. The summed E-state index contributed by atoms with van der Waals surface area (Å²) < 4.78 is 10.7. The summed E-state index contributed by atoms with van der Waals surface area (Å²) >= 11 is 6.00. The predicted molar refractivity (Wildman–Crippen MR) is 134 cm³/mol. The number of rotatable bonds is 9. The highest BCUT2D eigenvalue weighted by atomic mass is 35.5. The molecule has 0 aromatic heterocycles. The first-order valence-corrected chi connectivity index (χ1v) is 11.7. The molecule has 0 radical (unpaired) electrons. The number of esters is 1. The van der Waals surface area contributed by atoms with Crippen molar-refractivity contribution in [2.45, 2.75) is 6.42 Å². The summed E-state index contributed by atoms with van der Waals surface area (Å²) in [4.78, 5) is 59.8. The molecule has 38 heavy (non-hydrogen) atoms. The Kier molecular flexibility index (Phi) is 7.97. The normalized spacial score (nSPS) is 14.6. The van der Waals surface area contributed by atoms with Crippen molar-refractivity contribution < 1.29 is 33.6 Å². The van der Waals surface area contributed by atoms with Gasteiger partial charge in [-0.3, -0.25) is 39.7 Å². The largest absolute Gasteiger partial charge is 0.457 e. The van der Waals surface area contributed by atoms with Crippen molar-refractivity contribution >= 4 is 40.9 Å². The van der Waals surface area contributed by atoms with Gasteiger partial charge in [-0.1, -0.05) is 23.7 Å². The van der Waals surface area contributed by atoms with Crippen molar-refractivity contribution in [1.29, 1.82) is 0 Å². The van der Waals surface area contributed by atoms with Crippen LogP contribution in [0.4, 0.5) is 5.69 Å². The van der Waals surface area contributed by atoms with Crippen LogP contribution in [-0.4, -0.2) is 46.7 Å². The highest BCUT2D eigenvalue weighted by Crippen LogP contribution is 2.24. The molecule has 3 aromatic carbocycles. The average molecular weight is 538 g/mol. The molecule has 1 saturated heterocycles. The van der Waals surface area contributed by atoms with Crippen molar-refractivity contribution in [2.75, 3.05) is 13.2 Å². The van der Waals surface area contributed by atoms with Crippen LogP contribution < -0.4 is 10.2 Å². The monoisotopic (exact) mass is 537 g/mol. The van der Waals surface area contributed by atoms with Gasteiger partial charge < -0.3 is 9.47 Å². The van der Waals surface area contributed by atoms with Gasteiger partial charge in [-0.05, 0) is 48.5 Å². The van der Waals surface area contributed by atoms with E-state index in [1.165, 1.54) is 54.6 Å². The Morgan fingerprint density at radius 3 is 2.26 bits per heavy atom. The Labute approximate surface area is 221 Å². The van der Waals surface area contributed by atoms with Crippen molar-refractivity contribution in [2.24, 2.45) is 5.92 Å². The Balaban J connectivity index is 1.26. The standard InChI is InChI=1S/C26H20ClN3O8/c27-22-4-2-1-3-21(22)25(33)28-29-14-17(13-24(29)32)26(34)37-15-23(31)16-5-9-19(10-6-16)38-20-11-7-18(8-12-20)30(35)36/h1-12,17H,13-15H2,(H,28,33)/t17-/m1/s1. The van der Waals surface area contributed by atoms with Gasteiger partial charge in [0.05, 0.1) is 28.0 Å². The number of benzene rings is 3. The van der Waals surface area contributed by atoms with Crippen LogP contribution in [0.15, 0.2) is 72.8 Å². The molecule has 3 aromatic rings. The van der Waals surface area contributed by atoms with Gasteiger partial charge in [-0.25, -0.2) is 0 Å². The van der Waals surface area contributed by atoms with E-state index in [2.05, 4.69) is 5.43 Å². The van der Waals surface area contributed by atoms with Gasteiger partial charge >= 0.3 is 5.97 Å². The molecule has 1 heterocycles. The third kappa shape index (κ3) is 6.31. The Morgan fingerprint density at radius 1 is 1.00 bits per heavy atom. The van der Waals surface area contributed by atoms with E-state index < -0.39 is 41.0 Å². The van der Waals surface area contributed by atoms with Crippen LogP contribution in [0.25, 0.3) is 0 Å². The number of carbonyl (C=O) groups excluding carboxylic acids is 4. The third-order valence-electron chi connectivity index (χ3n) is 5.62. The van der Waals surface area contributed by atoms with Crippen LogP contribution in [0.2, 0.25) is 5.02 Å². The fourth-order valence-electron chi connectivity index (χ4n) is 3.62. The summed E-state index contributed by atoms with van der Waals surface area (Å²) in [5.41, 5.74) is 2.82. The number of hydrogen-bond acceptors (Lipinski definition) is 8. The van der Waals surface area contributed by atoms with Gasteiger partial charge in [0.2, 0.25) is 5.91 Å². The Morgan fingerprint density at radius 2 is 1.63 bits per heavy atom. The number of nitro groups is 1. The second-order valence-corrected chi connectivity index (χ2v) is 8.64. The number of hydrogen-bond donors (Lipinski definition) is 1. The van der Waals surface area contributed by atoms with Crippen LogP contribution in [0.3, 0.4) is 0 Å². The number of carbonyl (C=O) groups is 4. The number of halogens is 1. The SMILES string of the molecule is O=C(COC(=O)[C@@H]1CC(=O)N(NC(=O)c2ccccc2Cl)C1)c1ccc(Oc2ccc([N+](=O)[O-])cc2)cc1. The number of amides is 2. The summed E-state index contributed by atoms with van der Waals surface area (Å²) in [6, 6.07) is 17.9. The molecule has 0 spiro atoms. The Bertz CT molecular complexity index is 1390. The van der Waals surface area contributed by atoms with Crippen molar-refractivity contribution in [3.8, 4) is 11.5 Å². The summed E-state index contributed by atoms with van der Waals surface area (Å²) in [5, 5.41) is 12.0. The average Bonchev–Trinajstić information content (AvgIpc) is 3.28. The molecule has 1 fully saturated rings. The molecule has 2 amide bonds. The number of ether oxygens (including phenoxy) is 2. The van der Waals surface area contributed by atoms with E-state index in [1.807, 2.05) is 0 Å². The third-order valence-corrected chi connectivity index (χ3v) is 5.95. The summed E-state index contributed by atoms with van der Waals surface area (Å²) in [5.74, 6) is -2.33. The van der Waals surface area contributed by atoms with E-state index in [9.17, 15) is 29.3 Å². The molecule has 0 bridgehead atoms. The highest BCUT2D eigenvalue weighted by molar-refractivity contribution is 6.33. The molecule has 4 rings (SSSR count). The van der Waals surface area contributed by atoms with Gasteiger partial charge in [-0.2, -0.15) is 0 Å². The first kappa shape index (κ1) is 26.3. The number of nitrogens with one attached hydrogen (secondary N) is 1. The zero-order valence-corrected chi connectivity index (χ0v) is 20.4. The van der Waals surface area contributed by atoms with Crippen LogP contribution in [0, 0.1) is 16.0 Å². The van der Waals surface area contributed by atoms with Crippen molar-refractivity contribution in [3.05, 3.63) is 99.1 Å². The zero-order chi connectivity index (χ0) is 27.2. The van der Waals surface area contributed by atoms with Gasteiger partial charge in [0, 0.05) is 24.1 Å². The fraction of sp³-hybridized carbons (Fsp3) is 0.154. The second-order valence-electron chi connectivity index (χ2n) is 8.23. The number of hydrazine groups is 1. The number of nitrogens with zero attached hydrogens (tertiary/aromatic N) is 2. The molecule has 1 aliphatic heterocycles. The van der Waals surface area contributed by atoms with Crippen LogP contribution in [0.5, 0.6) is 11.5 Å². The molecular formula is C26H20ClN3O8. The van der Waals surface area contributed by atoms with E-state index >= 15 is 0 Å². The number of non-ortho nitro benzene ring substituents is 1. The molecule has 0 saturated carbocycles. The van der Waals surface area contributed by atoms with Gasteiger partial charge in [-0.15, -0.1) is 0 Å². The van der Waals surface area contributed by atoms with Crippen LogP contribution in [0.1, 0.15) is 27.1 Å². The fourth-order valence-corrected chi connectivity index (χ4v) is 3.84. The smallest absolute Gasteiger partial charge is 0.311 e. The van der Waals surface area contributed by atoms with E-state index in [-0.39, 0.29) is 34.8 Å². The molecule has 11 nitrogen and oxygen atoms in total.